The summed E-state index contributed by atoms with van der Waals surface area (Å²) in [5.41, 5.74) is 1.63. The molecule has 1 aromatic rings. The Bertz CT molecular complexity index is 464. The number of aryl methyl sites for hydroxylation is 1. The van der Waals surface area contributed by atoms with E-state index in [1.807, 2.05) is 30.9 Å². The molecule has 0 atom stereocenters. The molecule has 0 aliphatic carbocycles. The fourth-order valence-corrected chi connectivity index (χ4v) is 2.46. The van der Waals surface area contributed by atoms with Gasteiger partial charge in [0.1, 0.15) is 18.8 Å². The highest BCUT2D eigenvalue weighted by atomic mass is 16.5. The van der Waals surface area contributed by atoms with Crippen molar-refractivity contribution in [2.45, 2.75) is 0 Å². The summed E-state index contributed by atoms with van der Waals surface area (Å²) in [7, 11) is 5.95. The number of ether oxygens (including phenoxy) is 1. The highest BCUT2D eigenvalue weighted by molar-refractivity contribution is 5.93. The summed E-state index contributed by atoms with van der Waals surface area (Å²) in [6.45, 7) is 5.29. The lowest BCUT2D eigenvalue weighted by Crippen LogP contribution is -2.54. The maximum absolute atomic E-state index is 12.1. The van der Waals surface area contributed by atoms with E-state index in [2.05, 4.69) is 17.7 Å². The lowest BCUT2D eigenvalue weighted by atomic mass is 10.3. The number of hydrogen-bond donors (Lipinski definition) is 2. The Morgan fingerprint density at radius 3 is 2.75 bits per heavy atom. The number of anilines is 1. The van der Waals surface area contributed by atoms with Gasteiger partial charge in [-0.1, -0.05) is 0 Å². The second-order valence-electron chi connectivity index (χ2n) is 5.63. The minimum Gasteiger partial charge on any atom is -0.387 e. The van der Waals surface area contributed by atoms with Gasteiger partial charge in [0.05, 0.1) is 39.0 Å². The second kappa shape index (κ2) is 6.28. The van der Waals surface area contributed by atoms with Crippen LogP contribution in [0.5, 0.6) is 0 Å². The van der Waals surface area contributed by atoms with E-state index >= 15 is 0 Å². The highest BCUT2D eigenvalue weighted by Gasteiger charge is 2.25. The monoisotopic (exact) mass is 281 g/mol. The Labute approximate surface area is 120 Å². The van der Waals surface area contributed by atoms with Gasteiger partial charge in [0.25, 0.3) is 5.91 Å². The molecular weight excluding hydrogens is 256 g/mol. The molecule has 1 aromatic heterocycles. The Hall–Kier alpha value is -1.53. The molecule has 2 heterocycles. The van der Waals surface area contributed by atoms with Crippen molar-refractivity contribution in [1.82, 2.24) is 9.88 Å². The summed E-state index contributed by atoms with van der Waals surface area (Å²) in [4.78, 5) is 12.1. The fourth-order valence-electron chi connectivity index (χ4n) is 2.46. The van der Waals surface area contributed by atoms with E-state index in [0.717, 1.165) is 43.0 Å². The average molecular weight is 281 g/mol. The lowest BCUT2D eigenvalue weighted by molar-refractivity contribution is -0.915. The topological polar surface area (TPSA) is 55.3 Å². The molecule has 112 valence electrons. The predicted octanol–water partition coefficient (Wildman–Crippen LogP) is 0.273. The third-order valence-corrected chi connectivity index (χ3v) is 4.01. The number of morpholine rings is 1. The molecule has 6 nitrogen and oxygen atoms in total. The van der Waals surface area contributed by atoms with E-state index in [1.165, 1.54) is 0 Å². The molecule has 6 heteroatoms. The number of rotatable bonds is 5. The van der Waals surface area contributed by atoms with Crippen LogP contribution < -0.4 is 10.6 Å². The number of hydrogen-bond acceptors (Lipinski definition) is 3. The maximum Gasteiger partial charge on any atom is 0.268 e. The third kappa shape index (κ3) is 3.52. The van der Waals surface area contributed by atoms with Gasteiger partial charge in [-0.3, -0.25) is 4.79 Å². The van der Waals surface area contributed by atoms with Crippen molar-refractivity contribution in [3.05, 3.63) is 18.0 Å². The zero-order valence-electron chi connectivity index (χ0n) is 12.6. The van der Waals surface area contributed by atoms with E-state index in [1.54, 1.807) is 0 Å². The molecule has 2 rings (SSSR count). The first-order chi connectivity index (χ1) is 9.54. The summed E-state index contributed by atoms with van der Waals surface area (Å²) in [5, 5.41) is 6.04. The number of likely N-dealkylation sites (N-methyl/N-ethyl adjacent to an activating group) is 1. The highest BCUT2D eigenvalue weighted by Crippen LogP contribution is 2.12. The smallest absolute Gasteiger partial charge is 0.268 e. The number of quaternary nitrogens is 1. The molecule has 0 radical (unpaired) electrons. The first-order valence-electron chi connectivity index (χ1n) is 7.08. The Balaban J connectivity index is 1.84. The van der Waals surface area contributed by atoms with E-state index < -0.39 is 0 Å². The largest absolute Gasteiger partial charge is 0.387 e. The van der Waals surface area contributed by atoms with Gasteiger partial charge < -0.3 is 24.4 Å². The lowest BCUT2D eigenvalue weighted by Gasteiger charge is -2.37. The van der Waals surface area contributed by atoms with E-state index in [-0.39, 0.29) is 5.91 Å². The van der Waals surface area contributed by atoms with Gasteiger partial charge in [-0.15, -0.1) is 0 Å². The number of nitrogens with zero attached hydrogens (tertiary/aromatic N) is 2. The zero-order valence-corrected chi connectivity index (χ0v) is 12.6. The minimum absolute atomic E-state index is 0.0196. The zero-order chi connectivity index (χ0) is 14.6. The Morgan fingerprint density at radius 2 is 2.15 bits per heavy atom. The first-order valence-corrected chi connectivity index (χ1v) is 7.08. The van der Waals surface area contributed by atoms with Gasteiger partial charge >= 0.3 is 0 Å². The van der Waals surface area contributed by atoms with Gasteiger partial charge in [0, 0.05) is 20.3 Å². The van der Waals surface area contributed by atoms with E-state index in [9.17, 15) is 4.79 Å². The minimum atomic E-state index is -0.0196. The summed E-state index contributed by atoms with van der Waals surface area (Å²) in [5.74, 6) is -0.0196. The van der Waals surface area contributed by atoms with Crippen LogP contribution in [0.15, 0.2) is 12.3 Å². The molecule has 1 saturated heterocycles. The molecule has 0 bridgehead atoms. The molecule has 1 amide bonds. The maximum atomic E-state index is 12.1. The molecule has 20 heavy (non-hydrogen) atoms. The quantitative estimate of drug-likeness (QED) is 0.762. The number of aromatic nitrogens is 1. The van der Waals surface area contributed by atoms with Crippen LogP contribution in [0.2, 0.25) is 0 Å². The number of amides is 1. The van der Waals surface area contributed by atoms with Crippen molar-refractivity contribution in [3.63, 3.8) is 0 Å². The number of carbonyl (C=O) groups excluding carboxylic acids is 1. The van der Waals surface area contributed by atoms with Crippen molar-refractivity contribution >= 4 is 11.6 Å². The second-order valence-corrected chi connectivity index (χ2v) is 5.63. The molecule has 0 unspecified atom stereocenters. The van der Waals surface area contributed by atoms with Crippen LogP contribution in [-0.4, -0.2) is 68.4 Å². The molecular formula is C14H25N4O2+. The van der Waals surface area contributed by atoms with Crippen LogP contribution in [0.3, 0.4) is 0 Å². The van der Waals surface area contributed by atoms with Gasteiger partial charge in [0.2, 0.25) is 0 Å². The van der Waals surface area contributed by atoms with Crippen molar-refractivity contribution < 1.29 is 14.0 Å². The molecule has 1 fully saturated rings. The molecule has 0 saturated carbocycles. The molecule has 0 aromatic carbocycles. The summed E-state index contributed by atoms with van der Waals surface area (Å²) in [6.07, 6.45) is 1.91. The standard InChI is InChI=1S/C14H24N4O2/c1-15-12-10-13(17(2)11-12)14(19)16-4-5-18(3)6-8-20-9-7-18/h10-11,15H,4-9H2,1-3H3/p+1. The summed E-state index contributed by atoms with van der Waals surface area (Å²) < 4.78 is 8.19. The predicted molar refractivity (Wildman–Crippen MR) is 78.9 cm³/mol. The van der Waals surface area contributed by atoms with Gasteiger partial charge in [0.15, 0.2) is 0 Å². The summed E-state index contributed by atoms with van der Waals surface area (Å²) >= 11 is 0. The van der Waals surface area contributed by atoms with Crippen molar-refractivity contribution in [1.29, 1.82) is 0 Å². The summed E-state index contributed by atoms with van der Waals surface area (Å²) in [6, 6.07) is 1.86. The van der Waals surface area contributed by atoms with E-state index in [4.69, 9.17) is 4.74 Å². The Morgan fingerprint density at radius 1 is 1.45 bits per heavy atom. The third-order valence-electron chi connectivity index (χ3n) is 4.01. The van der Waals surface area contributed by atoms with Crippen LogP contribution in [-0.2, 0) is 11.8 Å². The number of nitrogens with one attached hydrogen (secondary N) is 2. The van der Waals surface area contributed by atoms with Crippen LogP contribution in [0, 0.1) is 0 Å². The molecule has 2 N–H and O–H groups in total. The van der Waals surface area contributed by atoms with Crippen molar-refractivity contribution in [2.24, 2.45) is 7.05 Å². The Kier molecular flexibility index (Phi) is 4.67. The molecule has 1 aliphatic rings. The normalized spacial score (nSPS) is 17.8. The first kappa shape index (κ1) is 14.9. The van der Waals surface area contributed by atoms with Crippen molar-refractivity contribution in [3.8, 4) is 0 Å². The van der Waals surface area contributed by atoms with Crippen LogP contribution >= 0.6 is 0 Å². The molecule has 1 aliphatic heterocycles. The van der Waals surface area contributed by atoms with Crippen LogP contribution in [0.25, 0.3) is 0 Å². The molecule has 0 spiro atoms. The SMILES string of the molecule is CNc1cc(C(=O)NCC[N+]2(C)CCOCC2)n(C)c1. The van der Waals surface area contributed by atoms with Crippen LogP contribution in [0.1, 0.15) is 10.5 Å². The average Bonchev–Trinajstić information content (AvgIpc) is 2.80. The van der Waals surface area contributed by atoms with Gasteiger partial charge in [-0.2, -0.15) is 0 Å². The number of carbonyl (C=O) groups is 1. The van der Waals surface area contributed by atoms with Crippen molar-refractivity contribution in [2.75, 3.05) is 58.8 Å². The van der Waals surface area contributed by atoms with E-state index in [0.29, 0.717) is 12.2 Å². The van der Waals surface area contributed by atoms with Gasteiger partial charge in [-0.25, -0.2) is 0 Å². The van der Waals surface area contributed by atoms with Crippen LogP contribution in [0.4, 0.5) is 5.69 Å². The van der Waals surface area contributed by atoms with Gasteiger partial charge in [-0.05, 0) is 6.07 Å². The fraction of sp³-hybridized carbons (Fsp3) is 0.643.